The summed E-state index contributed by atoms with van der Waals surface area (Å²) < 4.78 is 10.5. The molecule has 0 saturated heterocycles. The fourth-order valence-electron chi connectivity index (χ4n) is 1.77. The number of benzene rings is 2. The van der Waals surface area contributed by atoms with Gasteiger partial charge in [0, 0.05) is 0 Å². The quantitative estimate of drug-likeness (QED) is 0.814. The van der Waals surface area contributed by atoms with Crippen LogP contribution in [0.3, 0.4) is 0 Å². The van der Waals surface area contributed by atoms with E-state index in [1.165, 1.54) is 0 Å². The number of ether oxygens (including phenoxy) is 2. The summed E-state index contributed by atoms with van der Waals surface area (Å²) in [6, 6.07) is 11.3. The fraction of sp³-hybridized carbons (Fsp3) is 0.143. The second-order valence-corrected chi connectivity index (χ2v) is 3.91. The van der Waals surface area contributed by atoms with Crippen molar-refractivity contribution in [2.75, 3.05) is 25.7 Å². The van der Waals surface area contributed by atoms with Crippen LogP contribution in [0.4, 0.5) is 11.4 Å². The lowest BCUT2D eigenvalue weighted by Crippen LogP contribution is -1.95. The minimum Gasteiger partial charge on any atom is -0.493 e. The molecule has 4 N–H and O–H groups in total. The molecule has 0 amide bonds. The average Bonchev–Trinajstić information content (AvgIpc) is 2.41. The molecular weight excluding hydrogens is 228 g/mol. The highest BCUT2D eigenvalue weighted by molar-refractivity contribution is 5.75. The Morgan fingerprint density at radius 1 is 0.722 bits per heavy atom. The van der Waals surface area contributed by atoms with Crippen molar-refractivity contribution in [3.05, 3.63) is 36.4 Å². The van der Waals surface area contributed by atoms with Crippen molar-refractivity contribution in [3.8, 4) is 22.6 Å². The molecule has 0 aromatic heterocycles. The number of hydrogen-bond acceptors (Lipinski definition) is 4. The number of nitrogens with two attached hydrogens (primary N) is 2. The Kier molecular flexibility index (Phi) is 3.28. The molecule has 0 spiro atoms. The third kappa shape index (κ3) is 2.18. The van der Waals surface area contributed by atoms with Gasteiger partial charge in [-0.25, -0.2) is 0 Å². The molecule has 2 aromatic carbocycles. The van der Waals surface area contributed by atoms with E-state index in [0.717, 1.165) is 11.1 Å². The largest absolute Gasteiger partial charge is 0.493 e. The van der Waals surface area contributed by atoms with Gasteiger partial charge >= 0.3 is 0 Å². The van der Waals surface area contributed by atoms with Crippen molar-refractivity contribution in [3.63, 3.8) is 0 Å². The molecule has 0 aliphatic carbocycles. The zero-order chi connectivity index (χ0) is 13.1. The Balaban J connectivity index is 2.47. The van der Waals surface area contributed by atoms with Crippen molar-refractivity contribution < 1.29 is 9.47 Å². The minimum atomic E-state index is 0.572. The van der Waals surface area contributed by atoms with Gasteiger partial charge in [0.1, 0.15) is 0 Å². The van der Waals surface area contributed by atoms with E-state index in [0.29, 0.717) is 22.9 Å². The van der Waals surface area contributed by atoms with Crippen LogP contribution in [-0.2, 0) is 0 Å². The van der Waals surface area contributed by atoms with Crippen molar-refractivity contribution in [1.29, 1.82) is 0 Å². The van der Waals surface area contributed by atoms with Gasteiger partial charge in [0.15, 0.2) is 11.5 Å². The third-order valence-electron chi connectivity index (χ3n) is 2.80. The summed E-state index contributed by atoms with van der Waals surface area (Å²) in [6.07, 6.45) is 0. The van der Waals surface area contributed by atoms with E-state index in [1.807, 2.05) is 30.3 Å². The first-order valence-corrected chi connectivity index (χ1v) is 5.53. The maximum Gasteiger partial charge on any atom is 0.161 e. The monoisotopic (exact) mass is 244 g/mol. The Morgan fingerprint density at radius 2 is 1.33 bits per heavy atom. The van der Waals surface area contributed by atoms with Gasteiger partial charge in [-0.3, -0.25) is 0 Å². The first-order valence-electron chi connectivity index (χ1n) is 5.53. The van der Waals surface area contributed by atoms with Crippen LogP contribution in [0, 0.1) is 0 Å². The average molecular weight is 244 g/mol. The van der Waals surface area contributed by atoms with E-state index >= 15 is 0 Å². The van der Waals surface area contributed by atoms with Gasteiger partial charge in [-0.05, 0) is 35.4 Å². The SMILES string of the molecule is COc1ccc(-c2ccc(N)c(N)c2)cc1OC. The smallest absolute Gasteiger partial charge is 0.161 e. The summed E-state index contributed by atoms with van der Waals surface area (Å²) in [6.45, 7) is 0. The predicted octanol–water partition coefficient (Wildman–Crippen LogP) is 2.54. The van der Waals surface area contributed by atoms with E-state index in [4.69, 9.17) is 20.9 Å². The van der Waals surface area contributed by atoms with E-state index in [-0.39, 0.29) is 0 Å². The van der Waals surface area contributed by atoms with Crippen molar-refractivity contribution in [2.45, 2.75) is 0 Å². The second-order valence-electron chi connectivity index (χ2n) is 3.91. The minimum absolute atomic E-state index is 0.572. The zero-order valence-electron chi connectivity index (χ0n) is 10.4. The Morgan fingerprint density at radius 3 is 1.94 bits per heavy atom. The first-order chi connectivity index (χ1) is 8.65. The van der Waals surface area contributed by atoms with Crippen LogP contribution in [0.5, 0.6) is 11.5 Å². The number of nitrogen functional groups attached to an aromatic ring is 2. The molecule has 0 aliphatic rings. The summed E-state index contributed by atoms with van der Waals surface area (Å²) >= 11 is 0. The normalized spacial score (nSPS) is 10.1. The van der Waals surface area contributed by atoms with Gasteiger partial charge in [-0.15, -0.1) is 0 Å². The summed E-state index contributed by atoms with van der Waals surface area (Å²) in [5.74, 6) is 1.38. The van der Waals surface area contributed by atoms with Gasteiger partial charge in [-0.2, -0.15) is 0 Å². The molecule has 0 radical (unpaired) electrons. The van der Waals surface area contributed by atoms with Crippen LogP contribution >= 0.6 is 0 Å². The number of hydrogen-bond donors (Lipinski definition) is 2. The van der Waals surface area contributed by atoms with E-state index in [1.54, 1.807) is 20.3 Å². The lowest BCUT2D eigenvalue weighted by molar-refractivity contribution is 0.355. The number of methoxy groups -OCH3 is 2. The van der Waals surface area contributed by atoms with Gasteiger partial charge in [0.05, 0.1) is 25.6 Å². The van der Waals surface area contributed by atoms with Crippen LogP contribution in [0.1, 0.15) is 0 Å². The molecule has 0 fully saturated rings. The highest BCUT2D eigenvalue weighted by Gasteiger charge is 2.07. The number of anilines is 2. The maximum absolute atomic E-state index is 5.80. The summed E-state index contributed by atoms with van der Waals surface area (Å²) in [5, 5.41) is 0. The fourth-order valence-corrected chi connectivity index (χ4v) is 1.77. The van der Waals surface area contributed by atoms with Gasteiger partial charge < -0.3 is 20.9 Å². The molecule has 4 nitrogen and oxygen atoms in total. The summed E-state index contributed by atoms with van der Waals surface area (Å²) in [7, 11) is 3.22. The number of rotatable bonds is 3. The first kappa shape index (κ1) is 12.1. The molecule has 0 saturated carbocycles. The third-order valence-corrected chi connectivity index (χ3v) is 2.80. The van der Waals surface area contributed by atoms with Crippen molar-refractivity contribution in [2.24, 2.45) is 0 Å². The maximum atomic E-state index is 5.80. The van der Waals surface area contributed by atoms with Crippen LogP contribution < -0.4 is 20.9 Å². The molecule has 0 aliphatic heterocycles. The molecule has 0 heterocycles. The summed E-state index contributed by atoms with van der Waals surface area (Å²) in [4.78, 5) is 0. The molecule has 0 unspecified atom stereocenters. The predicted molar refractivity (Wildman–Crippen MR) is 73.8 cm³/mol. The van der Waals surface area contributed by atoms with Gasteiger partial charge in [-0.1, -0.05) is 12.1 Å². The topological polar surface area (TPSA) is 70.5 Å². The Hall–Kier alpha value is -2.36. The van der Waals surface area contributed by atoms with E-state index in [9.17, 15) is 0 Å². The molecule has 2 rings (SSSR count). The molecule has 94 valence electrons. The van der Waals surface area contributed by atoms with Gasteiger partial charge in [0.2, 0.25) is 0 Å². The molecule has 4 heteroatoms. The zero-order valence-corrected chi connectivity index (χ0v) is 10.4. The highest BCUT2D eigenvalue weighted by atomic mass is 16.5. The molecular formula is C14H16N2O2. The van der Waals surface area contributed by atoms with E-state index in [2.05, 4.69) is 0 Å². The highest BCUT2D eigenvalue weighted by Crippen LogP contribution is 2.33. The molecule has 0 atom stereocenters. The van der Waals surface area contributed by atoms with Crippen LogP contribution in [0.2, 0.25) is 0 Å². The standard InChI is InChI=1S/C14H16N2O2/c1-17-13-6-4-10(8-14(13)18-2)9-3-5-11(15)12(16)7-9/h3-8H,15-16H2,1-2H3. The molecule has 0 bridgehead atoms. The lowest BCUT2D eigenvalue weighted by Gasteiger charge is -2.10. The van der Waals surface area contributed by atoms with Crippen molar-refractivity contribution >= 4 is 11.4 Å². The Bertz CT molecular complexity index is 568. The summed E-state index contributed by atoms with van der Waals surface area (Å²) in [5.41, 5.74) is 14.6. The van der Waals surface area contributed by atoms with Gasteiger partial charge in [0.25, 0.3) is 0 Å². The second kappa shape index (κ2) is 4.87. The molecule has 18 heavy (non-hydrogen) atoms. The van der Waals surface area contributed by atoms with Crippen LogP contribution in [-0.4, -0.2) is 14.2 Å². The van der Waals surface area contributed by atoms with Crippen LogP contribution in [0.25, 0.3) is 11.1 Å². The lowest BCUT2D eigenvalue weighted by atomic mass is 10.0. The Labute approximate surface area is 106 Å². The van der Waals surface area contributed by atoms with Crippen molar-refractivity contribution in [1.82, 2.24) is 0 Å². The molecule has 2 aromatic rings. The van der Waals surface area contributed by atoms with Crippen LogP contribution in [0.15, 0.2) is 36.4 Å². The van der Waals surface area contributed by atoms with E-state index < -0.39 is 0 Å².